The average Bonchev–Trinajstić information content (AvgIpc) is 3.25. The molecule has 1 saturated heterocycles. The minimum Gasteiger partial charge on any atom is -0.391 e. The summed E-state index contributed by atoms with van der Waals surface area (Å²) in [5, 5.41) is 21.7. The first-order valence-corrected chi connectivity index (χ1v) is 9.37. The maximum Gasteiger partial charge on any atom is 0.417 e. The van der Waals surface area contributed by atoms with Crippen molar-refractivity contribution in [3.63, 3.8) is 0 Å². The number of tetrazole rings is 1. The van der Waals surface area contributed by atoms with Crippen LogP contribution in [0.15, 0.2) is 24.3 Å². The van der Waals surface area contributed by atoms with Gasteiger partial charge in [-0.25, -0.2) is 0 Å². The maximum absolute atomic E-state index is 13.7. The van der Waals surface area contributed by atoms with Crippen molar-refractivity contribution in [2.45, 2.75) is 58.0 Å². The van der Waals surface area contributed by atoms with Crippen LogP contribution in [0.5, 0.6) is 0 Å². The van der Waals surface area contributed by atoms with Crippen molar-refractivity contribution < 1.29 is 18.3 Å². The number of aliphatic hydroxyl groups excluding tert-OH is 1. The van der Waals surface area contributed by atoms with Crippen molar-refractivity contribution in [1.29, 1.82) is 0 Å². The Labute approximate surface area is 159 Å². The van der Waals surface area contributed by atoms with Gasteiger partial charge in [0.2, 0.25) is 0 Å². The van der Waals surface area contributed by atoms with E-state index in [0.717, 1.165) is 18.9 Å². The molecule has 3 atom stereocenters. The fourth-order valence-corrected chi connectivity index (χ4v) is 4.22. The quantitative estimate of drug-likeness (QED) is 0.736. The number of hydrogen-bond donors (Lipinski definition) is 1. The van der Waals surface area contributed by atoms with E-state index in [0.29, 0.717) is 11.2 Å². The molecule has 0 bridgehead atoms. The van der Waals surface area contributed by atoms with Gasteiger partial charge in [0, 0.05) is 17.1 Å². The molecule has 3 heterocycles. The maximum atomic E-state index is 13.7. The van der Waals surface area contributed by atoms with Gasteiger partial charge in [-0.2, -0.15) is 17.7 Å². The molecular formula is C19H22F3N5O. The number of anilines is 1. The summed E-state index contributed by atoms with van der Waals surface area (Å²) in [6, 6.07) is 5.92. The number of benzene rings is 1. The highest BCUT2D eigenvalue weighted by Gasteiger charge is 2.38. The van der Waals surface area contributed by atoms with Gasteiger partial charge in [-0.05, 0) is 60.4 Å². The summed E-state index contributed by atoms with van der Waals surface area (Å²) < 4.78 is 42.5. The lowest BCUT2D eigenvalue weighted by Gasteiger charge is -2.35. The van der Waals surface area contributed by atoms with Crippen LogP contribution in [0.2, 0.25) is 0 Å². The molecule has 0 aliphatic carbocycles. The van der Waals surface area contributed by atoms with E-state index >= 15 is 0 Å². The van der Waals surface area contributed by atoms with Crippen LogP contribution in [0.1, 0.15) is 39.2 Å². The van der Waals surface area contributed by atoms with E-state index in [1.807, 2.05) is 25.7 Å². The molecule has 0 saturated carbocycles. The Morgan fingerprint density at radius 2 is 1.93 bits per heavy atom. The van der Waals surface area contributed by atoms with Crippen LogP contribution < -0.4 is 4.90 Å². The monoisotopic (exact) mass is 393 g/mol. The summed E-state index contributed by atoms with van der Waals surface area (Å²) in [6.07, 6.45) is -3.40. The molecule has 1 aromatic carbocycles. The van der Waals surface area contributed by atoms with E-state index in [1.165, 1.54) is 4.52 Å². The van der Waals surface area contributed by atoms with Crippen LogP contribution in [-0.2, 0) is 6.18 Å². The number of halogens is 3. The number of aromatic nitrogens is 4. The lowest BCUT2D eigenvalue weighted by Crippen LogP contribution is -2.44. The molecule has 0 radical (unpaired) electrons. The standard InChI is InChI=1S/C19H22F3N5O/c1-10(2)18(28)16-6-4-11(3)26(16)12-5-7-15-13(8-12)14(19(20,21)22)9-17-23-24-25-27(15)17/h5,7-11,16,18,28H,4,6H2,1-3H3/t11-,16-,18?/m1/s1. The summed E-state index contributed by atoms with van der Waals surface area (Å²) in [5.74, 6) is 0.0600. The first-order chi connectivity index (χ1) is 13.2. The van der Waals surface area contributed by atoms with Crippen molar-refractivity contribution in [3.05, 3.63) is 29.8 Å². The normalized spacial score (nSPS) is 21.9. The zero-order valence-electron chi connectivity index (χ0n) is 15.9. The van der Waals surface area contributed by atoms with Crippen LogP contribution in [0.25, 0.3) is 16.6 Å². The van der Waals surface area contributed by atoms with Gasteiger partial charge in [0.25, 0.3) is 0 Å². The average molecular weight is 393 g/mol. The second-order valence-corrected chi connectivity index (χ2v) is 7.84. The Bertz CT molecular complexity index is 1020. The van der Waals surface area contributed by atoms with Crippen LogP contribution in [0, 0.1) is 5.92 Å². The smallest absolute Gasteiger partial charge is 0.391 e. The highest BCUT2D eigenvalue weighted by molar-refractivity contribution is 5.89. The lowest BCUT2D eigenvalue weighted by molar-refractivity contribution is -0.136. The van der Waals surface area contributed by atoms with Gasteiger partial charge in [0.05, 0.1) is 23.2 Å². The van der Waals surface area contributed by atoms with Gasteiger partial charge in [-0.1, -0.05) is 13.8 Å². The number of alkyl halides is 3. The Morgan fingerprint density at radius 1 is 1.18 bits per heavy atom. The van der Waals surface area contributed by atoms with Crippen molar-refractivity contribution >= 4 is 22.2 Å². The summed E-state index contributed by atoms with van der Waals surface area (Å²) in [6.45, 7) is 5.93. The largest absolute Gasteiger partial charge is 0.417 e. The van der Waals surface area contributed by atoms with Gasteiger partial charge < -0.3 is 10.0 Å². The van der Waals surface area contributed by atoms with Crippen LogP contribution in [-0.4, -0.2) is 43.3 Å². The SMILES string of the molecule is CC(C)C(O)[C@H]1CC[C@@H](C)N1c1ccc2c(c1)c(C(F)(F)F)cc1nnnn12. The number of pyridine rings is 1. The molecule has 6 nitrogen and oxygen atoms in total. The van der Waals surface area contributed by atoms with Crippen LogP contribution >= 0.6 is 0 Å². The fourth-order valence-electron chi connectivity index (χ4n) is 4.22. The molecule has 1 aliphatic heterocycles. The molecule has 0 amide bonds. The Balaban J connectivity index is 1.90. The Kier molecular flexibility index (Phi) is 4.45. The summed E-state index contributed by atoms with van der Waals surface area (Å²) in [4.78, 5) is 2.05. The molecule has 4 rings (SSSR count). The third-order valence-electron chi connectivity index (χ3n) is 5.66. The Hall–Kier alpha value is -2.42. The van der Waals surface area contributed by atoms with Crippen LogP contribution in [0.4, 0.5) is 18.9 Å². The van der Waals surface area contributed by atoms with E-state index in [9.17, 15) is 18.3 Å². The topological polar surface area (TPSA) is 66.5 Å². The van der Waals surface area contributed by atoms with Gasteiger partial charge in [-0.15, -0.1) is 5.10 Å². The Morgan fingerprint density at radius 3 is 2.61 bits per heavy atom. The van der Waals surface area contributed by atoms with E-state index in [4.69, 9.17) is 0 Å². The molecule has 1 unspecified atom stereocenters. The number of nitrogens with zero attached hydrogens (tertiary/aromatic N) is 5. The third kappa shape index (κ3) is 2.97. The van der Waals surface area contributed by atoms with Gasteiger partial charge in [-0.3, -0.25) is 0 Å². The molecule has 3 aromatic rings. The van der Waals surface area contributed by atoms with Crippen molar-refractivity contribution in [1.82, 2.24) is 20.0 Å². The molecule has 0 spiro atoms. The van der Waals surface area contributed by atoms with Crippen molar-refractivity contribution in [3.8, 4) is 0 Å². The van der Waals surface area contributed by atoms with E-state index < -0.39 is 17.8 Å². The van der Waals surface area contributed by atoms with Gasteiger partial charge in [0.1, 0.15) is 0 Å². The molecule has 9 heteroatoms. The highest BCUT2D eigenvalue weighted by Crippen LogP contribution is 2.39. The molecular weight excluding hydrogens is 371 g/mol. The summed E-state index contributed by atoms with van der Waals surface area (Å²) >= 11 is 0. The first kappa shape index (κ1) is 18.9. The van der Waals surface area contributed by atoms with E-state index in [-0.39, 0.29) is 29.0 Å². The predicted octanol–water partition coefficient (Wildman–Crippen LogP) is 3.67. The van der Waals surface area contributed by atoms with E-state index in [2.05, 4.69) is 15.5 Å². The molecule has 1 fully saturated rings. The van der Waals surface area contributed by atoms with Gasteiger partial charge >= 0.3 is 6.18 Å². The molecule has 1 N–H and O–H groups in total. The molecule has 150 valence electrons. The van der Waals surface area contributed by atoms with Crippen molar-refractivity contribution in [2.75, 3.05) is 4.90 Å². The number of hydrogen-bond acceptors (Lipinski definition) is 5. The minimum absolute atomic E-state index is 0.0432. The van der Waals surface area contributed by atoms with Crippen LogP contribution in [0.3, 0.4) is 0 Å². The molecule has 28 heavy (non-hydrogen) atoms. The number of rotatable bonds is 3. The lowest BCUT2D eigenvalue weighted by atomic mass is 9.97. The second kappa shape index (κ2) is 6.58. The van der Waals surface area contributed by atoms with E-state index in [1.54, 1.807) is 18.2 Å². The first-order valence-electron chi connectivity index (χ1n) is 9.37. The minimum atomic E-state index is -4.53. The predicted molar refractivity (Wildman–Crippen MR) is 99.1 cm³/mol. The number of aliphatic hydroxyl groups is 1. The number of fused-ring (bicyclic) bond motifs is 3. The molecule has 2 aromatic heterocycles. The zero-order valence-corrected chi connectivity index (χ0v) is 15.9. The third-order valence-corrected chi connectivity index (χ3v) is 5.66. The molecule has 1 aliphatic rings. The summed E-state index contributed by atoms with van der Waals surface area (Å²) in [7, 11) is 0. The highest BCUT2D eigenvalue weighted by atomic mass is 19.4. The second-order valence-electron chi connectivity index (χ2n) is 7.84. The van der Waals surface area contributed by atoms with Crippen molar-refractivity contribution in [2.24, 2.45) is 5.92 Å². The summed E-state index contributed by atoms with van der Waals surface area (Å²) in [5.41, 5.74) is 0.251. The fraction of sp³-hybridized carbons (Fsp3) is 0.526. The zero-order chi connectivity index (χ0) is 20.2. The van der Waals surface area contributed by atoms with Gasteiger partial charge in [0.15, 0.2) is 5.65 Å².